The summed E-state index contributed by atoms with van der Waals surface area (Å²) >= 11 is 0. The van der Waals surface area contributed by atoms with Gasteiger partial charge in [0.15, 0.2) is 46.2 Å². The fraction of sp³-hybridized carbons (Fsp3) is 0.364. The van der Waals surface area contributed by atoms with Crippen molar-refractivity contribution in [2.45, 2.75) is 50.4 Å². The van der Waals surface area contributed by atoms with Crippen LogP contribution in [-0.2, 0) is 19.1 Å². The molecule has 184 valence electrons. The molecule has 2 aromatic heterocycles. The fourth-order valence-electron chi connectivity index (χ4n) is 4.27. The molecular formula is C22H23N5O8. The number of phenolic OH excluding ortho intramolecular Hbond substituents is 1. The Kier molecular flexibility index (Phi) is 5.89. The molecule has 0 saturated carbocycles. The maximum atomic E-state index is 12.7. The van der Waals surface area contributed by atoms with Crippen molar-refractivity contribution in [1.29, 1.82) is 0 Å². The SMILES string of the molecule is CC(=O)C(O)[C@H]1O[C@@H](n2cnc3c(Nc4cccc(O)c4)ncnc32)[C@@](O)(C(C)=O)[C@@]1(O)C(C)=O. The van der Waals surface area contributed by atoms with Crippen molar-refractivity contribution in [3.8, 4) is 5.75 Å². The number of nitrogens with zero attached hydrogens (tertiary/aromatic N) is 4. The Hall–Kier alpha value is -3.78. The maximum Gasteiger partial charge on any atom is 0.206 e. The lowest BCUT2D eigenvalue weighted by atomic mass is 9.73. The molecule has 1 fully saturated rings. The van der Waals surface area contributed by atoms with Crippen molar-refractivity contribution in [3.63, 3.8) is 0 Å². The molecule has 0 bridgehead atoms. The minimum atomic E-state index is -2.96. The highest BCUT2D eigenvalue weighted by Crippen LogP contribution is 2.49. The van der Waals surface area contributed by atoms with Gasteiger partial charge in [-0.15, -0.1) is 0 Å². The Morgan fingerprint density at radius 3 is 2.37 bits per heavy atom. The number of ketones is 3. The number of aliphatic hydroxyl groups is 3. The standard InChI is InChI=1S/C22H23N5O8/c1-10(28)16(32)17-21(33,11(2)29)22(34,12(3)30)20(35-17)27-9-25-15-18(23-8-24-19(15)27)26-13-5-4-6-14(31)7-13/h4-9,16-17,20,31-34H,1-3H3,(H,23,24,26)/t16?,17-,20-,21-,22+/m1/s1. The van der Waals surface area contributed by atoms with Crippen LogP contribution in [0.4, 0.5) is 11.5 Å². The summed E-state index contributed by atoms with van der Waals surface area (Å²) in [5.41, 5.74) is -5.19. The van der Waals surface area contributed by atoms with Gasteiger partial charge in [-0.2, -0.15) is 0 Å². The Labute approximate surface area is 198 Å². The molecule has 35 heavy (non-hydrogen) atoms. The number of hydrogen-bond acceptors (Lipinski definition) is 12. The molecule has 3 aromatic rings. The molecule has 13 nitrogen and oxygen atoms in total. The maximum absolute atomic E-state index is 12.7. The summed E-state index contributed by atoms with van der Waals surface area (Å²) in [7, 11) is 0. The summed E-state index contributed by atoms with van der Waals surface area (Å²) in [5.74, 6) is -2.78. The Bertz CT molecular complexity index is 1340. The number of rotatable bonds is 7. The molecule has 3 heterocycles. The van der Waals surface area contributed by atoms with Crippen molar-refractivity contribution in [2.75, 3.05) is 5.32 Å². The number of ether oxygens (including phenoxy) is 1. The molecule has 0 aliphatic carbocycles. The predicted octanol–water partition coefficient (Wildman–Crippen LogP) is -0.237. The largest absolute Gasteiger partial charge is 0.508 e. The van der Waals surface area contributed by atoms with Crippen LogP contribution < -0.4 is 5.32 Å². The number of phenols is 1. The third kappa shape index (κ3) is 3.56. The van der Waals surface area contributed by atoms with Gasteiger partial charge in [0.05, 0.1) is 6.33 Å². The number of aromatic nitrogens is 4. The van der Waals surface area contributed by atoms with Crippen LogP contribution in [0.5, 0.6) is 5.75 Å². The van der Waals surface area contributed by atoms with E-state index in [1.807, 2.05) is 0 Å². The van der Waals surface area contributed by atoms with Gasteiger partial charge in [0.1, 0.15) is 24.3 Å². The van der Waals surface area contributed by atoms with Crippen LogP contribution in [0.3, 0.4) is 0 Å². The zero-order chi connectivity index (χ0) is 25.7. The second-order valence-corrected chi connectivity index (χ2v) is 8.33. The summed E-state index contributed by atoms with van der Waals surface area (Å²) in [5, 5.41) is 45.8. The molecule has 1 aliphatic heterocycles. The summed E-state index contributed by atoms with van der Waals surface area (Å²) in [6.07, 6.45) is -3.46. The van der Waals surface area contributed by atoms with Crippen LogP contribution in [0.25, 0.3) is 11.2 Å². The summed E-state index contributed by atoms with van der Waals surface area (Å²) in [6.45, 7) is 2.86. The van der Waals surface area contributed by atoms with Crippen LogP contribution in [0, 0.1) is 0 Å². The molecule has 1 aromatic carbocycles. The lowest BCUT2D eigenvalue weighted by molar-refractivity contribution is -0.184. The number of carbonyl (C=O) groups is 3. The van der Waals surface area contributed by atoms with Gasteiger partial charge < -0.3 is 30.5 Å². The number of aromatic hydroxyl groups is 1. The quantitative estimate of drug-likeness (QED) is 0.295. The topological polar surface area (TPSA) is 197 Å². The Morgan fingerprint density at radius 2 is 1.77 bits per heavy atom. The van der Waals surface area contributed by atoms with Crippen molar-refractivity contribution in [3.05, 3.63) is 36.9 Å². The van der Waals surface area contributed by atoms with Crippen LogP contribution in [0.1, 0.15) is 27.0 Å². The van der Waals surface area contributed by atoms with E-state index in [1.165, 1.54) is 12.1 Å². The van der Waals surface area contributed by atoms with Gasteiger partial charge in [-0.1, -0.05) is 6.07 Å². The monoisotopic (exact) mass is 485 g/mol. The molecule has 1 aliphatic rings. The van der Waals surface area contributed by atoms with E-state index in [0.29, 0.717) is 5.69 Å². The van der Waals surface area contributed by atoms with Crippen LogP contribution in [0.15, 0.2) is 36.9 Å². The normalized spacial score (nSPS) is 27.0. The smallest absolute Gasteiger partial charge is 0.206 e. The molecule has 1 saturated heterocycles. The van der Waals surface area contributed by atoms with Crippen LogP contribution in [-0.4, -0.2) is 80.7 Å². The van der Waals surface area contributed by atoms with Gasteiger partial charge in [-0.3, -0.25) is 19.0 Å². The summed E-state index contributed by atoms with van der Waals surface area (Å²) in [4.78, 5) is 49.6. The van der Waals surface area contributed by atoms with E-state index in [1.54, 1.807) is 12.1 Å². The lowest BCUT2D eigenvalue weighted by Gasteiger charge is -2.37. The second-order valence-electron chi connectivity index (χ2n) is 8.33. The first-order valence-corrected chi connectivity index (χ1v) is 10.5. The molecule has 5 atom stereocenters. The van der Waals surface area contributed by atoms with Crippen LogP contribution >= 0.6 is 0 Å². The number of fused-ring (bicyclic) bond motifs is 1. The zero-order valence-electron chi connectivity index (χ0n) is 18.9. The van der Waals surface area contributed by atoms with Crippen molar-refractivity contribution in [1.82, 2.24) is 19.5 Å². The fourth-order valence-corrected chi connectivity index (χ4v) is 4.27. The predicted molar refractivity (Wildman–Crippen MR) is 119 cm³/mol. The van der Waals surface area contributed by atoms with Gasteiger partial charge in [0.25, 0.3) is 0 Å². The molecular weight excluding hydrogens is 462 g/mol. The van der Waals surface area contributed by atoms with E-state index < -0.39 is 47.0 Å². The molecule has 13 heteroatoms. The first-order chi connectivity index (χ1) is 16.4. The molecule has 0 radical (unpaired) electrons. The third-order valence-corrected chi connectivity index (χ3v) is 6.12. The molecule has 1 unspecified atom stereocenters. The summed E-state index contributed by atoms with van der Waals surface area (Å²) in [6, 6.07) is 6.20. The average Bonchev–Trinajstić information content (AvgIpc) is 3.32. The van der Waals surface area contributed by atoms with Crippen LogP contribution in [0.2, 0.25) is 0 Å². The minimum absolute atomic E-state index is 0.00953. The average molecular weight is 485 g/mol. The Balaban J connectivity index is 1.86. The highest BCUT2D eigenvalue weighted by atomic mass is 16.6. The van der Waals surface area contributed by atoms with Gasteiger partial charge >= 0.3 is 0 Å². The van der Waals surface area contributed by atoms with E-state index in [4.69, 9.17) is 4.74 Å². The van der Waals surface area contributed by atoms with Crippen molar-refractivity contribution >= 4 is 40.0 Å². The van der Waals surface area contributed by atoms with E-state index >= 15 is 0 Å². The minimum Gasteiger partial charge on any atom is -0.508 e. The number of nitrogens with one attached hydrogen (secondary N) is 1. The summed E-state index contributed by atoms with van der Waals surface area (Å²) < 4.78 is 6.77. The number of hydrogen-bond donors (Lipinski definition) is 5. The van der Waals surface area contributed by atoms with Crippen molar-refractivity contribution < 1.29 is 39.5 Å². The zero-order valence-corrected chi connectivity index (χ0v) is 18.9. The number of aliphatic hydroxyl groups excluding tert-OH is 1. The molecule has 0 amide bonds. The second kappa shape index (κ2) is 8.46. The van der Waals surface area contributed by atoms with Gasteiger partial charge in [0, 0.05) is 11.8 Å². The Morgan fingerprint density at radius 1 is 1.09 bits per heavy atom. The first kappa shape index (κ1) is 24.3. The molecule has 5 N–H and O–H groups in total. The first-order valence-electron chi connectivity index (χ1n) is 10.5. The van der Waals surface area contributed by atoms with E-state index in [2.05, 4.69) is 20.3 Å². The molecule has 0 spiro atoms. The highest BCUT2D eigenvalue weighted by molar-refractivity contribution is 6.00. The number of carbonyl (C=O) groups excluding carboxylic acids is 3. The van der Waals surface area contributed by atoms with E-state index in [0.717, 1.165) is 38.0 Å². The van der Waals surface area contributed by atoms with E-state index in [-0.39, 0.29) is 22.7 Å². The number of Topliss-reactive ketones (excluding diaryl/α,β-unsaturated/α-hetero) is 3. The van der Waals surface area contributed by atoms with Gasteiger partial charge in [-0.25, -0.2) is 15.0 Å². The third-order valence-electron chi connectivity index (χ3n) is 6.12. The lowest BCUT2D eigenvalue weighted by Crippen LogP contribution is -2.67. The van der Waals surface area contributed by atoms with E-state index in [9.17, 15) is 34.8 Å². The highest BCUT2D eigenvalue weighted by Gasteiger charge is 2.73. The molecule has 4 rings (SSSR count). The number of anilines is 2. The van der Waals surface area contributed by atoms with Crippen molar-refractivity contribution in [2.24, 2.45) is 0 Å². The van der Waals surface area contributed by atoms with Gasteiger partial charge in [0.2, 0.25) is 5.60 Å². The number of benzene rings is 1. The number of imidazole rings is 1. The van der Waals surface area contributed by atoms with Gasteiger partial charge in [-0.05, 0) is 32.9 Å².